The van der Waals surface area contributed by atoms with Gasteiger partial charge >= 0.3 is 0 Å². The molecule has 0 unspecified atom stereocenters. The van der Waals surface area contributed by atoms with Crippen molar-refractivity contribution in [3.05, 3.63) is 65.7 Å². The van der Waals surface area contributed by atoms with Gasteiger partial charge in [0.25, 0.3) is 5.91 Å². The highest BCUT2D eigenvalue weighted by atomic mass is 16.5. The summed E-state index contributed by atoms with van der Waals surface area (Å²) < 4.78 is 5.24. The van der Waals surface area contributed by atoms with Gasteiger partial charge in [-0.25, -0.2) is 5.01 Å². The fourth-order valence-electron chi connectivity index (χ4n) is 2.92. The Morgan fingerprint density at radius 3 is 2.76 bits per heavy atom. The van der Waals surface area contributed by atoms with Crippen LogP contribution in [0.4, 0.5) is 0 Å². The SMILES string of the molecule is COc1cccc(CN(C)CC(=O)N2CCC(c3ccccc3)=N2)c1. The van der Waals surface area contributed by atoms with Crippen LogP contribution in [0.5, 0.6) is 5.75 Å². The summed E-state index contributed by atoms with van der Waals surface area (Å²) in [5, 5.41) is 6.09. The minimum absolute atomic E-state index is 0.0244. The van der Waals surface area contributed by atoms with Gasteiger partial charge in [0, 0.05) is 13.0 Å². The smallest absolute Gasteiger partial charge is 0.256 e. The molecule has 25 heavy (non-hydrogen) atoms. The van der Waals surface area contributed by atoms with Crippen LogP contribution in [-0.4, -0.2) is 48.8 Å². The number of likely N-dealkylation sites (N-methyl/N-ethyl adjacent to an activating group) is 1. The molecule has 1 aliphatic heterocycles. The quantitative estimate of drug-likeness (QED) is 0.814. The number of hydrogen-bond acceptors (Lipinski definition) is 4. The lowest BCUT2D eigenvalue weighted by atomic mass is 10.1. The largest absolute Gasteiger partial charge is 0.497 e. The molecule has 2 aromatic rings. The highest BCUT2D eigenvalue weighted by Crippen LogP contribution is 2.16. The fraction of sp³-hybridized carbons (Fsp3) is 0.300. The molecule has 0 spiro atoms. The lowest BCUT2D eigenvalue weighted by molar-refractivity contribution is -0.131. The van der Waals surface area contributed by atoms with Crippen LogP contribution in [0.2, 0.25) is 0 Å². The molecule has 0 saturated heterocycles. The van der Waals surface area contributed by atoms with Crippen LogP contribution in [-0.2, 0) is 11.3 Å². The van der Waals surface area contributed by atoms with Crippen LogP contribution in [0.25, 0.3) is 0 Å². The predicted octanol–water partition coefficient (Wildman–Crippen LogP) is 2.76. The molecule has 1 aliphatic rings. The highest BCUT2D eigenvalue weighted by molar-refractivity contribution is 6.02. The minimum Gasteiger partial charge on any atom is -0.497 e. The van der Waals surface area contributed by atoms with Crippen molar-refractivity contribution >= 4 is 11.6 Å². The minimum atomic E-state index is 0.0244. The number of methoxy groups -OCH3 is 1. The zero-order valence-corrected chi connectivity index (χ0v) is 14.7. The van der Waals surface area contributed by atoms with E-state index >= 15 is 0 Å². The Bertz CT molecular complexity index is 759. The summed E-state index contributed by atoms with van der Waals surface area (Å²) in [6, 6.07) is 17.9. The monoisotopic (exact) mass is 337 g/mol. The molecular weight excluding hydrogens is 314 g/mol. The van der Waals surface area contributed by atoms with E-state index in [9.17, 15) is 4.79 Å². The molecule has 0 saturated carbocycles. The maximum atomic E-state index is 12.5. The van der Waals surface area contributed by atoms with Gasteiger partial charge in [0.1, 0.15) is 5.75 Å². The van der Waals surface area contributed by atoms with Gasteiger partial charge in [0.15, 0.2) is 0 Å². The van der Waals surface area contributed by atoms with E-state index in [1.807, 2.05) is 66.5 Å². The lowest BCUT2D eigenvalue weighted by Crippen LogP contribution is -2.34. The van der Waals surface area contributed by atoms with Crippen LogP contribution in [0.15, 0.2) is 59.7 Å². The second-order valence-electron chi connectivity index (χ2n) is 6.20. The number of ether oxygens (including phenoxy) is 1. The van der Waals surface area contributed by atoms with Crippen molar-refractivity contribution in [2.75, 3.05) is 27.2 Å². The number of carbonyl (C=O) groups excluding carboxylic acids is 1. The standard InChI is InChI=1S/C20H23N3O2/c1-22(14-16-7-6-10-18(13-16)25-2)15-20(24)23-12-11-19(21-23)17-8-4-3-5-9-17/h3-10,13H,11-12,14-15H2,1-2H3. The van der Waals surface area contributed by atoms with Crippen LogP contribution >= 0.6 is 0 Å². The number of rotatable bonds is 6. The summed E-state index contributed by atoms with van der Waals surface area (Å²) in [6.45, 7) is 1.67. The van der Waals surface area contributed by atoms with E-state index in [0.717, 1.165) is 29.0 Å². The molecule has 2 aromatic carbocycles. The van der Waals surface area contributed by atoms with Gasteiger partial charge in [-0.3, -0.25) is 9.69 Å². The van der Waals surface area contributed by atoms with Crippen molar-refractivity contribution in [1.29, 1.82) is 0 Å². The molecule has 0 fully saturated rings. The summed E-state index contributed by atoms with van der Waals surface area (Å²) in [5.41, 5.74) is 3.18. The number of hydrogen-bond donors (Lipinski definition) is 0. The van der Waals surface area contributed by atoms with Crippen LogP contribution < -0.4 is 4.74 Å². The van der Waals surface area contributed by atoms with Gasteiger partial charge in [-0.05, 0) is 30.3 Å². The van der Waals surface area contributed by atoms with Crippen LogP contribution in [0.3, 0.4) is 0 Å². The molecule has 130 valence electrons. The van der Waals surface area contributed by atoms with E-state index in [4.69, 9.17) is 4.74 Å². The Balaban J connectivity index is 1.57. The molecule has 5 heteroatoms. The molecule has 0 aliphatic carbocycles. The molecule has 1 amide bonds. The van der Waals surface area contributed by atoms with Gasteiger partial charge in [-0.2, -0.15) is 5.10 Å². The Morgan fingerprint density at radius 2 is 2.00 bits per heavy atom. The average molecular weight is 337 g/mol. The van der Waals surface area contributed by atoms with E-state index in [-0.39, 0.29) is 5.91 Å². The maximum Gasteiger partial charge on any atom is 0.256 e. The lowest BCUT2D eigenvalue weighted by Gasteiger charge is -2.19. The predicted molar refractivity (Wildman–Crippen MR) is 98.6 cm³/mol. The Labute approximate surface area is 148 Å². The summed E-state index contributed by atoms with van der Waals surface area (Å²) in [4.78, 5) is 14.5. The molecule has 1 heterocycles. The van der Waals surface area contributed by atoms with Crippen molar-refractivity contribution in [3.63, 3.8) is 0 Å². The third-order valence-electron chi connectivity index (χ3n) is 4.19. The Kier molecular flexibility index (Phi) is 5.46. The van der Waals surface area contributed by atoms with E-state index in [1.165, 1.54) is 0 Å². The number of amides is 1. The van der Waals surface area contributed by atoms with E-state index in [1.54, 1.807) is 12.1 Å². The zero-order valence-electron chi connectivity index (χ0n) is 14.7. The first-order chi connectivity index (χ1) is 12.2. The van der Waals surface area contributed by atoms with E-state index in [0.29, 0.717) is 19.6 Å². The number of hydrazone groups is 1. The first kappa shape index (κ1) is 17.2. The number of benzene rings is 2. The summed E-state index contributed by atoms with van der Waals surface area (Å²) in [5.74, 6) is 0.852. The Hall–Kier alpha value is -2.66. The molecule has 0 radical (unpaired) electrons. The summed E-state index contributed by atoms with van der Waals surface area (Å²) >= 11 is 0. The molecule has 5 nitrogen and oxygen atoms in total. The first-order valence-corrected chi connectivity index (χ1v) is 8.40. The maximum absolute atomic E-state index is 12.5. The van der Waals surface area contributed by atoms with Crippen molar-refractivity contribution in [1.82, 2.24) is 9.91 Å². The zero-order chi connectivity index (χ0) is 17.6. The van der Waals surface area contributed by atoms with Gasteiger partial charge < -0.3 is 4.74 Å². The van der Waals surface area contributed by atoms with Gasteiger partial charge in [-0.1, -0.05) is 42.5 Å². The third-order valence-corrected chi connectivity index (χ3v) is 4.19. The van der Waals surface area contributed by atoms with Crippen molar-refractivity contribution in [2.24, 2.45) is 5.10 Å². The number of carbonyl (C=O) groups is 1. The topological polar surface area (TPSA) is 45.1 Å². The third kappa shape index (κ3) is 4.45. The van der Waals surface area contributed by atoms with E-state index in [2.05, 4.69) is 5.10 Å². The summed E-state index contributed by atoms with van der Waals surface area (Å²) in [7, 11) is 3.59. The second kappa shape index (κ2) is 7.94. The van der Waals surface area contributed by atoms with Gasteiger partial charge in [0.05, 0.1) is 25.9 Å². The van der Waals surface area contributed by atoms with Gasteiger partial charge in [0.2, 0.25) is 0 Å². The number of nitrogens with zero attached hydrogens (tertiary/aromatic N) is 3. The molecule has 0 aromatic heterocycles. The molecule has 0 bridgehead atoms. The van der Waals surface area contributed by atoms with Crippen LogP contribution in [0, 0.1) is 0 Å². The van der Waals surface area contributed by atoms with Crippen molar-refractivity contribution < 1.29 is 9.53 Å². The molecule has 0 N–H and O–H groups in total. The highest BCUT2D eigenvalue weighted by Gasteiger charge is 2.22. The van der Waals surface area contributed by atoms with Gasteiger partial charge in [-0.15, -0.1) is 0 Å². The van der Waals surface area contributed by atoms with Crippen molar-refractivity contribution in [3.8, 4) is 5.75 Å². The normalized spacial score (nSPS) is 13.9. The molecule has 0 atom stereocenters. The van der Waals surface area contributed by atoms with Crippen LogP contribution in [0.1, 0.15) is 17.5 Å². The van der Waals surface area contributed by atoms with Crippen molar-refractivity contribution in [2.45, 2.75) is 13.0 Å². The second-order valence-corrected chi connectivity index (χ2v) is 6.20. The molecule has 3 rings (SSSR count). The first-order valence-electron chi connectivity index (χ1n) is 8.40. The summed E-state index contributed by atoms with van der Waals surface area (Å²) in [6.07, 6.45) is 0.801. The molecular formula is C20H23N3O2. The Morgan fingerprint density at radius 1 is 1.20 bits per heavy atom. The van der Waals surface area contributed by atoms with E-state index < -0.39 is 0 Å². The average Bonchev–Trinajstić information content (AvgIpc) is 3.13. The fourth-order valence-corrected chi connectivity index (χ4v) is 2.92.